The molecule has 0 bridgehead atoms. The fraction of sp³-hybridized carbons (Fsp3) is 0.682. The molecule has 27 heavy (non-hydrogen) atoms. The molecule has 0 radical (unpaired) electrons. The molecule has 0 saturated carbocycles. The summed E-state index contributed by atoms with van der Waals surface area (Å²) in [7, 11) is -1.30. The standard InChI is InChI=1S/C22H38O4Si/c1-14-15(2)18(25-13-11-12-22(7,8)20(23)24)19(26-27(9)10)16(3)17(14)21(4,5)6/h27H,11-13H2,1-10H3,(H,23,24). The second kappa shape index (κ2) is 8.68. The summed E-state index contributed by atoms with van der Waals surface area (Å²) in [5, 5.41) is 9.27. The molecule has 154 valence electrons. The summed E-state index contributed by atoms with van der Waals surface area (Å²) in [6, 6.07) is 0. The number of carboxylic acid groups (broad SMARTS) is 1. The number of ether oxygens (including phenoxy) is 1. The molecule has 0 spiro atoms. The first-order chi connectivity index (χ1) is 12.2. The second-order valence-electron chi connectivity index (χ2n) is 9.47. The van der Waals surface area contributed by atoms with Crippen molar-refractivity contribution in [1.29, 1.82) is 0 Å². The maximum absolute atomic E-state index is 11.3. The van der Waals surface area contributed by atoms with Gasteiger partial charge in [-0.15, -0.1) is 0 Å². The maximum atomic E-state index is 11.3. The molecule has 4 nitrogen and oxygen atoms in total. The molecule has 1 N–H and O–H groups in total. The van der Waals surface area contributed by atoms with Gasteiger partial charge in [-0.05, 0) is 88.2 Å². The number of carbonyl (C=O) groups is 1. The molecule has 0 atom stereocenters. The lowest BCUT2D eigenvalue weighted by molar-refractivity contribution is -0.147. The highest BCUT2D eigenvalue weighted by molar-refractivity contribution is 6.49. The highest BCUT2D eigenvalue weighted by atomic mass is 28.3. The molecule has 0 saturated heterocycles. The van der Waals surface area contributed by atoms with E-state index in [9.17, 15) is 9.90 Å². The van der Waals surface area contributed by atoms with Crippen molar-refractivity contribution < 1.29 is 19.1 Å². The van der Waals surface area contributed by atoms with Gasteiger partial charge in [0.15, 0.2) is 5.75 Å². The Bertz CT molecular complexity index is 685. The molecule has 1 aromatic rings. The smallest absolute Gasteiger partial charge is 0.309 e. The summed E-state index contributed by atoms with van der Waals surface area (Å²) in [4.78, 5) is 11.3. The fourth-order valence-corrected chi connectivity index (χ4v) is 4.32. The predicted octanol–water partition coefficient (Wildman–Crippen LogP) is 5.54. The van der Waals surface area contributed by atoms with Crippen molar-refractivity contribution in [2.45, 2.75) is 86.7 Å². The SMILES string of the molecule is Cc1c(C)c(C(C)(C)C)c(C)c(O[SiH](C)C)c1OCCCC(C)(C)C(=O)O. The minimum Gasteiger partial charge on any atom is -0.544 e. The van der Waals surface area contributed by atoms with E-state index in [2.05, 4.69) is 54.6 Å². The Hall–Kier alpha value is -1.49. The lowest BCUT2D eigenvalue weighted by atomic mass is 9.79. The zero-order valence-corrected chi connectivity index (χ0v) is 20.0. The van der Waals surface area contributed by atoms with E-state index in [1.165, 1.54) is 11.1 Å². The van der Waals surface area contributed by atoms with Gasteiger partial charge in [-0.3, -0.25) is 4.79 Å². The van der Waals surface area contributed by atoms with E-state index < -0.39 is 20.4 Å². The monoisotopic (exact) mass is 394 g/mol. The van der Waals surface area contributed by atoms with E-state index in [0.717, 1.165) is 22.6 Å². The van der Waals surface area contributed by atoms with Crippen molar-refractivity contribution in [3.63, 3.8) is 0 Å². The van der Waals surface area contributed by atoms with E-state index in [1.807, 2.05) is 0 Å². The molecule has 0 unspecified atom stereocenters. The van der Waals surface area contributed by atoms with Crippen molar-refractivity contribution in [1.82, 2.24) is 0 Å². The lowest BCUT2D eigenvalue weighted by Crippen LogP contribution is -2.24. The van der Waals surface area contributed by atoms with Crippen molar-refractivity contribution in [3.8, 4) is 11.5 Å². The molecular formula is C22H38O4Si. The summed E-state index contributed by atoms with van der Waals surface area (Å²) in [6.07, 6.45) is 1.27. The van der Waals surface area contributed by atoms with Gasteiger partial charge < -0.3 is 14.3 Å². The number of hydrogen-bond donors (Lipinski definition) is 1. The molecule has 0 heterocycles. The van der Waals surface area contributed by atoms with E-state index >= 15 is 0 Å². The van der Waals surface area contributed by atoms with Crippen LogP contribution in [0.4, 0.5) is 0 Å². The molecule has 0 aliphatic carbocycles. The number of hydrogen-bond acceptors (Lipinski definition) is 3. The average Bonchev–Trinajstić information content (AvgIpc) is 2.49. The zero-order chi connectivity index (χ0) is 21.2. The van der Waals surface area contributed by atoms with Crippen molar-refractivity contribution in [2.24, 2.45) is 5.41 Å². The third-order valence-corrected chi connectivity index (χ3v) is 5.78. The first kappa shape index (κ1) is 23.5. The Labute approximate surface area is 167 Å². The Morgan fingerprint density at radius 1 is 0.963 bits per heavy atom. The van der Waals surface area contributed by atoms with Crippen LogP contribution in [0.5, 0.6) is 11.5 Å². The van der Waals surface area contributed by atoms with Crippen LogP contribution in [-0.2, 0) is 10.2 Å². The molecular weight excluding hydrogens is 356 g/mol. The number of rotatable bonds is 8. The molecule has 1 aromatic carbocycles. The van der Waals surface area contributed by atoms with Gasteiger partial charge >= 0.3 is 5.97 Å². The third kappa shape index (κ3) is 5.74. The Balaban J connectivity index is 3.20. The van der Waals surface area contributed by atoms with Crippen molar-refractivity contribution in [2.75, 3.05) is 6.61 Å². The first-order valence-electron chi connectivity index (χ1n) is 9.87. The van der Waals surface area contributed by atoms with Crippen LogP contribution in [0.15, 0.2) is 0 Å². The van der Waals surface area contributed by atoms with Gasteiger partial charge in [-0.2, -0.15) is 0 Å². The van der Waals surface area contributed by atoms with Gasteiger partial charge in [0, 0.05) is 0 Å². The lowest BCUT2D eigenvalue weighted by Gasteiger charge is -2.30. The van der Waals surface area contributed by atoms with Crippen molar-refractivity contribution in [3.05, 3.63) is 22.3 Å². The topological polar surface area (TPSA) is 55.8 Å². The van der Waals surface area contributed by atoms with Crippen LogP contribution in [0, 0.1) is 26.2 Å². The van der Waals surface area contributed by atoms with Gasteiger partial charge in [-0.1, -0.05) is 20.8 Å². The minimum atomic E-state index is -1.30. The highest BCUT2D eigenvalue weighted by Crippen LogP contribution is 2.44. The van der Waals surface area contributed by atoms with E-state index in [1.54, 1.807) is 13.8 Å². The van der Waals surface area contributed by atoms with Gasteiger partial charge in [0.25, 0.3) is 0 Å². The third-order valence-electron chi connectivity index (χ3n) is 5.07. The number of carboxylic acids is 1. The molecule has 0 aliphatic rings. The Morgan fingerprint density at radius 3 is 1.96 bits per heavy atom. The molecule has 5 heteroatoms. The highest BCUT2D eigenvalue weighted by Gasteiger charge is 2.28. The van der Waals surface area contributed by atoms with Gasteiger partial charge in [-0.25, -0.2) is 0 Å². The molecule has 1 rings (SSSR count). The normalized spacial score (nSPS) is 12.4. The van der Waals surface area contributed by atoms with Crippen LogP contribution in [0.25, 0.3) is 0 Å². The first-order valence-corrected chi connectivity index (χ1v) is 12.6. The number of aliphatic carboxylic acids is 1. The fourth-order valence-electron chi connectivity index (χ4n) is 3.56. The number of benzene rings is 1. The summed E-state index contributed by atoms with van der Waals surface area (Å²) >= 11 is 0. The summed E-state index contributed by atoms with van der Waals surface area (Å²) < 4.78 is 12.5. The van der Waals surface area contributed by atoms with Crippen LogP contribution in [0.2, 0.25) is 13.1 Å². The van der Waals surface area contributed by atoms with E-state index in [4.69, 9.17) is 9.16 Å². The Morgan fingerprint density at radius 2 is 1.52 bits per heavy atom. The minimum absolute atomic E-state index is 0.0274. The van der Waals surface area contributed by atoms with Gasteiger partial charge in [0.1, 0.15) is 5.75 Å². The van der Waals surface area contributed by atoms with Crippen LogP contribution >= 0.6 is 0 Å². The van der Waals surface area contributed by atoms with Crippen LogP contribution < -0.4 is 9.16 Å². The second-order valence-corrected chi connectivity index (χ2v) is 11.8. The van der Waals surface area contributed by atoms with E-state index in [0.29, 0.717) is 19.4 Å². The average molecular weight is 395 g/mol. The molecule has 0 aliphatic heterocycles. The largest absolute Gasteiger partial charge is 0.544 e. The Kier molecular flexibility index (Phi) is 7.57. The zero-order valence-electron chi connectivity index (χ0n) is 18.9. The van der Waals surface area contributed by atoms with Crippen molar-refractivity contribution >= 4 is 15.0 Å². The van der Waals surface area contributed by atoms with E-state index in [-0.39, 0.29) is 5.41 Å². The molecule has 0 amide bonds. The molecule has 0 fully saturated rings. The van der Waals surface area contributed by atoms with Gasteiger partial charge in [0.2, 0.25) is 9.04 Å². The van der Waals surface area contributed by atoms with Crippen LogP contribution in [-0.4, -0.2) is 26.7 Å². The maximum Gasteiger partial charge on any atom is 0.309 e. The molecule has 0 aromatic heterocycles. The van der Waals surface area contributed by atoms with Gasteiger partial charge in [0.05, 0.1) is 12.0 Å². The predicted molar refractivity (Wildman–Crippen MR) is 115 cm³/mol. The summed E-state index contributed by atoms with van der Waals surface area (Å²) in [6.45, 7) is 21.4. The summed E-state index contributed by atoms with van der Waals surface area (Å²) in [5.41, 5.74) is 4.15. The summed E-state index contributed by atoms with van der Waals surface area (Å²) in [5.74, 6) is 0.934. The van der Waals surface area contributed by atoms with Crippen LogP contribution in [0.1, 0.15) is 69.7 Å². The van der Waals surface area contributed by atoms with Crippen LogP contribution in [0.3, 0.4) is 0 Å². The quantitative estimate of drug-likeness (QED) is 0.464.